The zero-order chi connectivity index (χ0) is 64.7. The molecule has 0 aromatic rings. The first-order valence-corrected chi connectivity index (χ1v) is 34.3. The number of hydrogen-bond acceptors (Lipinski definition) is 18. The topological polar surface area (TPSA) is 307 Å². The summed E-state index contributed by atoms with van der Waals surface area (Å²) < 4.78 is 34.3. The van der Waals surface area contributed by atoms with Gasteiger partial charge in [0.05, 0.1) is 38.6 Å². The van der Waals surface area contributed by atoms with E-state index in [0.29, 0.717) is 12.8 Å². The molecule has 0 bridgehead atoms. The monoisotopic (exact) mass is 1260 g/mol. The number of aliphatic hydroxyl groups is 11. The molecule has 89 heavy (non-hydrogen) atoms. The Kier molecular flexibility index (Phi) is 46.3. The Hall–Kier alpha value is -3.03. The third-order valence-corrected chi connectivity index (χ3v) is 16.7. The van der Waals surface area contributed by atoms with Crippen LogP contribution in [-0.2, 0) is 33.2 Å². The summed E-state index contributed by atoms with van der Waals surface area (Å²) in [6.07, 6.45) is 38.5. The number of allylic oxidation sites excluding steroid dienone is 13. The molecule has 0 aromatic heterocycles. The van der Waals surface area contributed by atoms with Gasteiger partial charge in [0, 0.05) is 6.42 Å². The standard InChI is InChI=1S/C70H121NO18/c1-3-5-7-9-11-13-15-17-19-21-23-24-25-26-27-28-30-31-33-35-37-39-41-43-45-47-54(75)53(71-58(76)48-46-44-42-40-38-36-34-32-29-22-20-18-16-14-12-10-8-6-4-2)52-84-68-64(82)61(79)66(56(50-73)86-68)89-70-65(83)62(80)67(57(51-74)87-70)88-69-63(81)60(78)59(77)55(49-72)85-69/h6,8,12,14,18,20,29-32,37,39,45,47,53-57,59-70,72-75,77-83H,3-5,7,9-11,13,15-17,19,21-28,33-36,38,40-44,46,48-52H2,1-2H3,(H,71,76)/b8-6-,14-12-,20-18-,31-30+,32-29-,39-37+,47-45+. The normalized spacial score (nSPS) is 28.8. The molecule has 0 spiro atoms. The number of nitrogens with one attached hydrogen (secondary N) is 1. The quantitative estimate of drug-likeness (QED) is 0.0200. The number of amides is 1. The van der Waals surface area contributed by atoms with Gasteiger partial charge < -0.3 is 89.9 Å². The Bertz CT molecular complexity index is 1940. The van der Waals surface area contributed by atoms with E-state index in [2.05, 4.69) is 92.1 Å². The van der Waals surface area contributed by atoms with Crippen molar-refractivity contribution < 1.29 is 89.4 Å². The fourth-order valence-corrected chi connectivity index (χ4v) is 11.1. The van der Waals surface area contributed by atoms with Crippen molar-refractivity contribution in [3.8, 4) is 0 Å². The molecule has 1 amide bonds. The first-order chi connectivity index (χ1) is 43.3. The zero-order valence-electron chi connectivity index (χ0n) is 54.1. The minimum atomic E-state index is -1.99. The van der Waals surface area contributed by atoms with Crippen LogP contribution in [0.3, 0.4) is 0 Å². The molecule has 0 aromatic carbocycles. The van der Waals surface area contributed by atoms with Gasteiger partial charge in [-0.2, -0.15) is 0 Å². The average Bonchev–Trinajstić information content (AvgIpc) is 2.46. The summed E-state index contributed by atoms with van der Waals surface area (Å²) in [7, 11) is 0. The molecule has 514 valence electrons. The lowest BCUT2D eigenvalue weighted by atomic mass is 9.96. The van der Waals surface area contributed by atoms with Gasteiger partial charge in [0.25, 0.3) is 0 Å². The summed E-state index contributed by atoms with van der Waals surface area (Å²) in [5.74, 6) is -0.306. The van der Waals surface area contributed by atoms with E-state index in [1.807, 2.05) is 6.08 Å². The highest BCUT2D eigenvalue weighted by atomic mass is 16.8. The SMILES string of the molecule is CC/C=C\C/C=C\C/C=C\C/C=C\CCCCCCCCC(=O)NC(COC1OC(CO)C(OC2OC(CO)C(OC3OC(CO)C(O)C(O)C3O)C(O)C2O)C(O)C1O)C(O)/C=C/CC/C=C/CC/C=C/CCCCCCCCCCCCCCCCC. The number of aliphatic hydroxyl groups excluding tert-OH is 11. The molecule has 12 N–H and O–H groups in total. The second-order valence-corrected chi connectivity index (χ2v) is 24.2. The second kappa shape index (κ2) is 51.4. The van der Waals surface area contributed by atoms with Gasteiger partial charge in [0.1, 0.15) is 73.2 Å². The number of hydrogen-bond donors (Lipinski definition) is 12. The highest BCUT2D eigenvalue weighted by Crippen LogP contribution is 2.33. The molecular formula is C70H121NO18. The predicted octanol–water partition coefficient (Wildman–Crippen LogP) is 8.71. The Morgan fingerprint density at radius 3 is 1.26 bits per heavy atom. The van der Waals surface area contributed by atoms with Crippen molar-refractivity contribution in [3.05, 3.63) is 85.1 Å². The van der Waals surface area contributed by atoms with E-state index in [4.69, 9.17) is 28.4 Å². The van der Waals surface area contributed by atoms with Crippen molar-refractivity contribution in [2.24, 2.45) is 0 Å². The first-order valence-electron chi connectivity index (χ1n) is 34.3. The third kappa shape index (κ3) is 33.6. The molecule has 3 rings (SSSR count). The average molecular weight is 1260 g/mol. The Labute approximate surface area is 533 Å². The summed E-state index contributed by atoms with van der Waals surface area (Å²) in [5, 5.41) is 120. The summed E-state index contributed by atoms with van der Waals surface area (Å²) >= 11 is 0. The van der Waals surface area contributed by atoms with Crippen LogP contribution in [0.1, 0.15) is 219 Å². The molecule has 3 fully saturated rings. The van der Waals surface area contributed by atoms with E-state index in [1.54, 1.807) is 6.08 Å². The van der Waals surface area contributed by atoms with Gasteiger partial charge >= 0.3 is 0 Å². The molecule has 3 aliphatic heterocycles. The summed E-state index contributed by atoms with van der Waals surface area (Å²) in [6.45, 7) is 1.58. The second-order valence-electron chi connectivity index (χ2n) is 24.2. The Morgan fingerprint density at radius 1 is 0.416 bits per heavy atom. The molecule has 3 saturated heterocycles. The van der Waals surface area contributed by atoms with Crippen LogP contribution in [0.5, 0.6) is 0 Å². The number of carbonyl (C=O) groups is 1. The van der Waals surface area contributed by atoms with Gasteiger partial charge in [0.15, 0.2) is 18.9 Å². The Balaban J connectivity index is 1.47. The van der Waals surface area contributed by atoms with E-state index < -0.39 is 124 Å². The van der Waals surface area contributed by atoms with Gasteiger partial charge in [-0.3, -0.25) is 4.79 Å². The molecule has 0 saturated carbocycles. The number of ether oxygens (including phenoxy) is 6. The van der Waals surface area contributed by atoms with Gasteiger partial charge in [-0.05, 0) is 83.5 Å². The fraction of sp³-hybridized carbons (Fsp3) is 0.786. The Morgan fingerprint density at radius 2 is 0.787 bits per heavy atom. The molecule has 3 heterocycles. The van der Waals surface area contributed by atoms with E-state index in [0.717, 1.165) is 89.9 Å². The number of unbranched alkanes of at least 4 members (excludes halogenated alkanes) is 23. The molecule has 19 heteroatoms. The van der Waals surface area contributed by atoms with Gasteiger partial charge in [0.2, 0.25) is 5.91 Å². The largest absolute Gasteiger partial charge is 0.394 e. The van der Waals surface area contributed by atoms with Crippen LogP contribution < -0.4 is 5.32 Å². The van der Waals surface area contributed by atoms with Crippen LogP contribution in [0.15, 0.2) is 85.1 Å². The summed E-state index contributed by atoms with van der Waals surface area (Å²) in [5.41, 5.74) is 0. The lowest BCUT2D eigenvalue weighted by Gasteiger charge is -2.48. The molecule has 17 atom stereocenters. The smallest absolute Gasteiger partial charge is 0.220 e. The van der Waals surface area contributed by atoms with Crippen LogP contribution >= 0.6 is 0 Å². The molecular weight excluding hydrogens is 1140 g/mol. The van der Waals surface area contributed by atoms with E-state index in [1.165, 1.54) is 96.3 Å². The van der Waals surface area contributed by atoms with Crippen molar-refractivity contribution >= 4 is 5.91 Å². The summed E-state index contributed by atoms with van der Waals surface area (Å²) in [6, 6.07) is -1.01. The maximum Gasteiger partial charge on any atom is 0.220 e. The summed E-state index contributed by atoms with van der Waals surface area (Å²) in [4.78, 5) is 13.4. The van der Waals surface area contributed by atoms with Crippen molar-refractivity contribution in [3.63, 3.8) is 0 Å². The molecule has 0 aliphatic carbocycles. The highest BCUT2D eigenvalue weighted by Gasteiger charge is 2.53. The lowest BCUT2D eigenvalue weighted by molar-refractivity contribution is -0.379. The van der Waals surface area contributed by atoms with Gasteiger partial charge in [-0.15, -0.1) is 0 Å². The highest BCUT2D eigenvalue weighted by molar-refractivity contribution is 5.76. The van der Waals surface area contributed by atoms with E-state index in [-0.39, 0.29) is 18.9 Å². The maximum atomic E-state index is 13.4. The number of rotatable bonds is 51. The zero-order valence-corrected chi connectivity index (χ0v) is 54.1. The molecule has 0 radical (unpaired) electrons. The van der Waals surface area contributed by atoms with Crippen molar-refractivity contribution in [1.82, 2.24) is 5.32 Å². The maximum absolute atomic E-state index is 13.4. The number of carbonyl (C=O) groups excluding carboxylic acids is 1. The first kappa shape index (κ1) is 80.2. The van der Waals surface area contributed by atoms with Gasteiger partial charge in [-0.25, -0.2) is 0 Å². The minimum absolute atomic E-state index is 0.211. The third-order valence-electron chi connectivity index (χ3n) is 16.7. The van der Waals surface area contributed by atoms with Crippen molar-refractivity contribution in [1.29, 1.82) is 0 Å². The fourth-order valence-electron chi connectivity index (χ4n) is 11.1. The van der Waals surface area contributed by atoms with Crippen LogP contribution in [0.4, 0.5) is 0 Å². The van der Waals surface area contributed by atoms with Gasteiger partial charge in [-0.1, -0.05) is 214 Å². The minimum Gasteiger partial charge on any atom is -0.394 e. The van der Waals surface area contributed by atoms with Crippen molar-refractivity contribution in [2.45, 2.75) is 324 Å². The van der Waals surface area contributed by atoms with Crippen LogP contribution in [-0.4, -0.2) is 193 Å². The van der Waals surface area contributed by atoms with E-state index in [9.17, 15) is 61.0 Å². The predicted molar refractivity (Wildman–Crippen MR) is 346 cm³/mol. The molecule has 3 aliphatic rings. The van der Waals surface area contributed by atoms with Crippen molar-refractivity contribution in [2.75, 3.05) is 26.4 Å². The lowest BCUT2D eigenvalue weighted by Crippen LogP contribution is -2.66. The molecule has 17 unspecified atom stereocenters. The van der Waals surface area contributed by atoms with Crippen LogP contribution in [0.2, 0.25) is 0 Å². The van der Waals surface area contributed by atoms with E-state index >= 15 is 0 Å². The molecule has 19 nitrogen and oxygen atoms in total. The van der Waals surface area contributed by atoms with Crippen LogP contribution in [0, 0.1) is 0 Å². The van der Waals surface area contributed by atoms with Crippen LogP contribution in [0.25, 0.3) is 0 Å².